The molecule has 1 saturated heterocycles. The number of nitrogen functional groups attached to an aromatic ring is 1. The number of likely N-dealkylation sites (tertiary alicyclic amines) is 1. The average Bonchev–Trinajstić information content (AvgIpc) is 3.15. The number of rotatable bonds is 8. The summed E-state index contributed by atoms with van der Waals surface area (Å²) >= 11 is 1.23. The predicted octanol–water partition coefficient (Wildman–Crippen LogP) is 2.59. The molecule has 1 fully saturated rings. The summed E-state index contributed by atoms with van der Waals surface area (Å²) in [5, 5.41) is 11.7. The van der Waals surface area contributed by atoms with Crippen LogP contribution in [0.3, 0.4) is 0 Å². The number of nitrogens with zero attached hydrogens (tertiary/aromatic N) is 4. The van der Waals surface area contributed by atoms with E-state index in [-0.39, 0.29) is 29.9 Å². The maximum absolute atomic E-state index is 13.9. The lowest BCUT2D eigenvalue weighted by Gasteiger charge is -2.32. The van der Waals surface area contributed by atoms with Crippen molar-refractivity contribution in [3.63, 3.8) is 0 Å². The predicted molar refractivity (Wildman–Crippen MR) is 123 cm³/mol. The molecule has 1 aliphatic rings. The second-order valence-electron chi connectivity index (χ2n) is 7.93. The Kier molecular flexibility index (Phi) is 7.39. The molecule has 168 valence electrons. The SMILES string of the molecule is Nn1c(Cc2ccccc2F)nnc1SCC(=O)NC1CCN(Cc2ccccc2)CC1. The topological polar surface area (TPSA) is 89.1 Å². The van der Waals surface area contributed by atoms with Crippen molar-refractivity contribution in [2.45, 2.75) is 37.0 Å². The lowest BCUT2D eigenvalue weighted by atomic mass is 10.0. The van der Waals surface area contributed by atoms with Crippen LogP contribution >= 0.6 is 11.8 Å². The number of amides is 1. The number of piperidine rings is 1. The summed E-state index contributed by atoms with van der Waals surface area (Å²) in [6.07, 6.45) is 2.11. The Balaban J connectivity index is 1.21. The Hall–Kier alpha value is -2.91. The van der Waals surface area contributed by atoms with Gasteiger partial charge in [-0.2, -0.15) is 0 Å². The molecule has 1 amide bonds. The highest BCUT2D eigenvalue weighted by molar-refractivity contribution is 7.99. The molecule has 0 bridgehead atoms. The molecule has 0 unspecified atom stereocenters. The Morgan fingerprint density at radius 1 is 1.09 bits per heavy atom. The Morgan fingerprint density at radius 3 is 2.56 bits per heavy atom. The van der Waals surface area contributed by atoms with Crippen molar-refractivity contribution in [2.75, 3.05) is 24.7 Å². The number of nitrogens with one attached hydrogen (secondary N) is 1. The first-order valence-corrected chi connectivity index (χ1v) is 11.7. The van der Waals surface area contributed by atoms with Gasteiger partial charge in [-0.25, -0.2) is 9.07 Å². The van der Waals surface area contributed by atoms with Crippen molar-refractivity contribution in [2.24, 2.45) is 0 Å². The number of thioether (sulfide) groups is 1. The van der Waals surface area contributed by atoms with Crippen LogP contribution in [0.25, 0.3) is 0 Å². The Labute approximate surface area is 191 Å². The largest absolute Gasteiger partial charge is 0.353 e. The zero-order valence-electron chi connectivity index (χ0n) is 17.8. The maximum atomic E-state index is 13.9. The lowest BCUT2D eigenvalue weighted by Crippen LogP contribution is -2.44. The summed E-state index contributed by atoms with van der Waals surface area (Å²) in [4.78, 5) is 14.8. The first kappa shape index (κ1) is 22.3. The van der Waals surface area contributed by atoms with Gasteiger partial charge in [0.05, 0.1) is 5.75 Å². The van der Waals surface area contributed by atoms with E-state index in [1.54, 1.807) is 18.2 Å². The van der Waals surface area contributed by atoms with Gasteiger partial charge in [0.2, 0.25) is 11.1 Å². The van der Waals surface area contributed by atoms with Crippen molar-refractivity contribution in [1.82, 2.24) is 25.1 Å². The fourth-order valence-corrected chi connectivity index (χ4v) is 4.50. The standard InChI is InChI=1S/C23H27FN6OS/c24-20-9-5-4-8-18(20)14-21-27-28-23(30(21)25)32-16-22(31)26-19-10-12-29(13-11-19)15-17-6-2-1-3-7-17/h1-9,19H,10-16,25H2,(H,26,31). The first-order chi connectivity index (χ1) is 15.6. The van der Waals surface area contributed by atoms with Crippen molar-refractivity contribution in [3.8, 4) is 0 Å². The van der Waals surface area contributed by atoms with Gasteiger partial charge in [0.15, 0.2) is 5.82 Å². The van der Waals surface area contributed by atoms with Gasteiger partial charge in [-0.05, 0) is 30.0 Å². The van der Waals surface area contributed by atoms with Gasteiger partial charge < -0.3 is 11.2 Å². The number of halogens is 1. The van der Waals surface area contributed by atoms with E-state index in [4.69, 9.17) is 5.84 Å². The van der Waals surface area contributed by atoms with Gasteiger partial charge >= 0.3 is 0 Å². The summed E-state index contributed by atoms with van der Waals surface area (Å²) in [7, 11) is 0. The van der Waals surface area contributed by atoms with E-state index < -0.39 is 0 Å². The van der Waals surface area contributed by atoms with E-state index in [1.807, 2.05) is 6.07 Å². The molecule has 0 atom stereocenters. The molecule has 7 nitrogen and oxygen atoms in total. The quantitative estimate of drug-likeness (QED) is 0.402. The molecule has 4 rings (SSSR count). The Morgan fingerprint density at radius 2 is 1.81 bits per heavy atom. The molecular formula is C23H27FN6OS. The van der Waals surface area contributed by atoms with Crippen LogP contribution in [-0.2, 0) is 17.8 Å². The summed E-state index contributed by atoms with van der Waals surface area (Å²) in [6.45, 7) is 2.87. The van der Waals surface area contributed by atoms with Gasteiger partial charge in [0, 0.05) is 32.1 Å². The molecule has 0 radical (unpaired) electrons. The maximum Gasteiger partial charge on any atom is 0.230 e. The van der Waals surface area contributed by atoms with Crippen molar-refractivity contribution in [3.05, 3.63) is 77.4 Å². The average molecular weight is 455 g/mol. The highest BCUT2D eigenvalue weighted by atomic mass is 32.2. The minimum Gasteiger partial charge on any atom is -0.353 e. The number of benzene rings is 2. The second kappa shape index (κ2) is 10.6. The normalized spacial score (nSPS) is 15.0. The molecule has 0 spiro atoms. The highest BCUT2D eigenvalue weighted by Crippen LogP contribution is 2.18. The minimum atomic E-state index is -0.307. The van der Waals surface area contributed by atoms with Crippen LogP contribution in [0.4, 0.5) is 4.39 Å². The van der Waals surface area contributed by atoms with E-state index in [0.717, 1.165) is 32.5 Å². The summed E-state index contributed by atoms with van der Waals surface area (Å²) in [6, 6.07) is 17.1. The third kappa shape index (κ3) is 5.86. The Bertz CT molecular complexity index is 1040. The summed E-state index contributed by atoms with van der Waals surface area (Å²) in [5.74, 6) is 6.36. The van der Waals surface area contributed by atoms with Crippen molar-refractivity contribution >= 4 is 17.7 Å². The smallest absolute Gasteiger partial charge is 0.230 e. The molecule has 32 heavy (non-hydrogen) atoms. The van der Waals surface area contributed by atoms with Crippen LogP contribution in [0.2, 0.25) is 0 Å². The van der Waals surface area contributed by atoms with Gasteiger partial charge in [-0.1, -0.05) is 60.3 Å². The van der Waals surface area contributed by atoms with E-state index >= 15 is 0 Å². The molecular weight excluding hydrogens is 427 g/mol. The third-order valence-electron chi connectivity index (χ3n) is 5.58. The fourth-order valence-electron chi connectivity index (χ4n) is 3.81. The molecule has 3 aromatic rings. The van der Waals surface area contributed by atoms with Crippen LogP contribution in [-0.4, -0.2) is 50.6 Å². The first-order valence-electron chi connectivity index (χ1n) is 10.7. The summed E-state index contributed by atoms with van der Waals surface area (Å²) < 4.78 is 15.2. The van der Waals surface area contributed by atoms with E-state index in [1.165, 1.54) is 28.1 Å². The zero-order chi connectivity index (χ0) is 22.3. The van der Waals surface area contributed by atoms with Crippen LogP contribution in [0, 0.1) is 5.82 Å². The second-order valence-corrected chi connectivity index (χ2v) is 8.87. The molecule has 1 aliphatic heterocycles. The summed E-state index contributed by atoms with van der Waals surface area (Å²) in [5.41, 5.74) is 1.81. The van der Waals surface area contributed by atoms with Crippen LogP contribution in [0.15, 0.2) is 59.8 Å². The molecule has 2 heterocycles. The minimum absolute atomic E-state index is 0.0461. The number of carbonyl (C=O) groups excluding carboxylic acids is 1. The van der Waals surface area contributed by atoms with Crippen LogP contribution in [0.5, 0.6) is 0 Å². The van der Waals surface area contributed by atoms with E-state index in [9.17, 15) is 9.18 Å². The number of nitrogens with two attached hydrogens (primary N) is 1. The highest BCUT2D eigenvalue weighted by Gasteiger charge is 2.21. The number of hydrogen-bond acceptors (Lipinski definition) is 6. The monoisotopic (exact) mass is 454 g/mol. The number of carbonyl (C=O) groups is 1. The van der Waals surface area contributed by atoms with Gasteiger partial charge in [0.1, 0.15) is 5.82 Å². The molecule has 9 heteroatoms. The van der Waals surface area contributed by atoms with Crippen LogP contribution < -0.4 is 11.2 Å². The van der Waals surface area contributed by atoms with Gasteiger partial charge in [-0.3, -0.25) is 9.69 Å². The molecule has 1 aromatic heterocycles. The van der Waals surface area contributed by atoms with Crippen molar-refractivity contribution in [1.29, 1.82) is 0 Å². The molecule has 0 saturated carbocycles. The van der Waals surface area contributed by atoms with Gasteiger partial charge in [0.25, 0.3) is 0 Å². The van der Waals surface area contributed by atoms with Gasteiger partial charge in [-0.15, -0.1) is 10.2 Å². The molecule has 0 aliphatic carbocycles. The zero-order valence-corrected chi connectivity index (χ0v) is 18.6. The lowest BCUT2D eigenvalue weighted by molar-refractivity contribution is -0.119. The number of hydrogen-bond donors (Lipinski definition) is 2. The van der Waals surface area contributed by atoms with Crippen LogP contribution in [0.1, 0.15) is 29.8 Å². The third-order valence-corrected chi connectivity index (χ3v) is 6.52. The van der Waals surface area contributed by atoms with Crippen molar-refractivity contribution < 1.29 is 9.18 Å². The fraction of sp³-hybridized carbons (Fsp3) is 0.348. The number of aromatic nitrogens is 3. The molecule has 2 aromatic carbocycles. The molecule has 3 N–H and O–H groups in total. The van der Waals surface area contributed by atoms with E-state index in [0.29, 0.717) is 16.5 Å². The van der Waals surface area contributed by atoms with E-state index in [2.05, 4.69) is 44.7 Å².